The fourth-order valence-electron chi connectivity index (χ4n) is 5.51. The van der Waals surface area contributed by atoms with E-state index in [1.165, 1.54) is 9.80 Å². The van der Waals surface area contributed by atoms with E-state index in [1.54, 1.807) is 13.0 Å². The van der Waals surface area contributed by atoms with Crippen molar-refractivity contribution >= 4 is 29.5 Å². The van der Waals surface area contributed by atoms with Crippen LogP contribution in [0.25, 0.3) is 0 Å². The molecule has 1 aromatic carbocycles. The highest BCUT2D eigenvalue weighted by molar-refractivity contribution is 5.97. The van der Waals surface area contributed by atoms with Crippen LogP contribution in [0.2, 0.25) is 0 Å². The third kappa shape index (κ3) is 7.79. The van der Waals surface area contributed by atoms with Crippen molar-refractivity contribution in [1.82, 2.24) is 30.9 Å². The molecule has 0 spiro atoms. The second kappa shape index (κ2) is 13.8. The maximum absolute atomic E-state index is 13.7. The van der Waals surface area contributed by atoms with Crippen molar-refractivity contribution in [2.24, 2.45) is 5.92 Å². The Bertz CT molecular complexity index is 1330. The molecule has 2 aromatic rings. The number of carbonyl (C=O) groups excluding carboxylic acids is 5. The molecule has 2 fully saturated rings. The van der Waals surface area contributed by atoms with Crippen LogP contribution in [0.1, 0.15) is 75.2 Å². The summed E-state index contributed by atoms with van der Waals surface area (Å²) in [6.07, 6.45) is 1.44. The van der Waals surface area contributed by atoms with Crippen LogP contribution in [0.3, 0.4) is 0 Å². The van der Waals surface area contributed by atoms with Gasteiger partial charge in [0.1, 0.15) is 24.7 Å². The highest BCUT2D eigenvalue weighted by Gasteiger charge is 2.39. The monoisotopic (exact) mass is 594 g/mol. The van der Waals surface area contributed by atoms with Crippen LogP contribution >= 0.6 is 0 Å². The number of hydrogen-bond donors (Lipinski definition) is 3. The van der Waals surface area contributed by atoms with Crippen LogP contribution in [0, 0.1) is 5.92 Å². The number of hydrogen-bond acceptors (Lipinski definition) is 7. The van der Waals surface area contributed by atoms with Crippen molar-refractivity contribution in [3.8, 4) is 0 Å². The summed E-state index contributed by atoms with van der Waals surface area (Å²) in [4.78, 5) is 70.2. The smallest absolute Gasteiger partial charge is 0.293 e. The van der Waals surface area contributed by atoms with E-state index in [4.69, 9.17) is 4.52 Å². The van der Waals surface area contributed by atoms with Gasteiger partial charge < -0.3 is 30.3 Å². The van der Waals surface area contributed by atoms with Gasteiger partial charge >= 0.3 is 0 Å². The third-order valence-corrected chi connectivity index (χ3v) is 7.90. The van der Waals surface area contributed by atoms with Gasteiger partial charge in [0.05, 0.1) is 11.7 Å². The molecule has 0 radical (unpaired) electrons. The van der Waals surface area contributed by atoms with Gasteiger partial charge in [-0.05, 0) is 43.6 Å². The van der Waals surface area contributed by atoms with Crippen molar-refractivity contribution < 1.29 is 28.5 Å². The number of amides is 5. The average molecular weight is 595 g/mol. The number of aromatic nitrogens is 1. The molecule has 12 nitrogen and oxygen atoms in total. The van der Waals surface area contributed by atoms with Gasteiger partial charge in [0.15, 0.2) is 0 Å². The first kappa shape index (κ1) is 31.7. The summed E-state index contributed by atoms with van der Waals surface area (Å²) in [5.74, 6) is -2.62. The van der Waals surface area contributed by atoms with E-state index in [2.05, 4.69) is 21.1 Å². The lowest BCUT2D eigenvalue weighted by molar-refractivity contribution is -0.142. The molecule has 2 aliphatic heterocycles. The van der Waals surface area contributed by atoms with Crippen molar-refractivity contribution in [3.05, 3.63) is 53.4 Å². The largest absolute Gasteiger partial charge is 0.351 e. The zero-order valence-corrected chi connectivity index (χ0v) is 25.5. The Morgan fingerprint density at radius 3 is 2.40 bits per heavy atom. The standard InChI is InChI=1S/C31H42N6O6/c1-18(2)23-15-25(43-35-23)31(42)36-16-22(14-21-10-7-6-8-11-21)33-29(40)27(19(3)4)34-28(39)24-12-9-13-37(24)30(41)20(5)32-26(38)17-36/h6-8,10-11,15,18-20,22,24,27H,9,12-14,16-17H2,1-5H3,(H,32,38)(H,33,40)(H,34,39)/t20-,22-,24+,27-/m0/s1. The normalized spacial score (nSPS) is 24.3. The molecular weight excluding hydrogens is 552 g/mol. The first-order valence-electron chi connectivity index (χ1n) is 14.9. The molecule has 232 valence electrons. The fraction of sp³-hybridized carbons (Fsp3) is 0.548. The molecule has 0 bridgehead atoms. The zero-order valence-electron chi connectivity index (χ0n) is 25.5. The second-order valence-electron chi connectivity index (χ2n) is 12.1. The zero-order chi connectivity index (χ0) is 31.3. The first-order valence-corrected chi connectivity index (χ1v) is 14.9. The third-order valence-electron chi connectivity index (χ3n) is 7.90. The van der Waals surface area contributed by atoms with Gasteiger partial charge in [-0.25, -0.2) is 0 Å². The van der Waals surface area contributed by atoms with Gasteiger partial charge in [0, 0.05) is 19.2 Å². The quantitative estimate of drug-likeness (QED) is 0.475. The Kier molecular flexibility index (Phi) is 10.2. The summed E-state index contributed by atoms with van der Waals surface area (Å²) in [5.41, 5.74) is 1.51. The first-order chi connectivity index (χ1) is 20.4. The van der Waals surface area contributed by atoms with Crippen LogP contribution in [-0.2, 0) is 25.6 Å². The fourth-order valence-corrected chi connectivity index (χ4v) is 5.51. The minimum Gasteiger partial charge on any atom is -0.351 e. The van der Waals surface area contributed by atoms with Gasteiger partial charge in [-0.1, -0.05) is 63.2 Å². The average Bonchev–Trinajstić information content (AvgIpc) is 3.65. The molecule has 4 atom stereocenters. The summed E-state index contributed by atoms with van der Waals surface area (Å²) in [6, 6.07) is 7.85. The molecule has 2 aliphatic rings. The molecule has 3 heterocycles. The summed E-state index contributed by atoms with van der Waals surface area (Å²) in [6.45, 7) is 9.00. The SMILES string of the molecule is CC(C)c1cc(C(=O)N2CC(=O)N[C@@H](C)C(=O)N3CCC[C@@H]3C(=O)N[C@@H](C(C)C)C(=O)N[C@@H](Cc3ccccc3)C2)on1. The van der Waals surface area contributed by atoms with Gasteiger partial charge in [0.2, 0.25) is 29.4 Å². The lowest BCUT2D eigenvalue weighted by atomic mass is 10.00. The van der Waals surface area contributed by atoms with Crippen LogP contribution in [-0.4, -0.2) is 88.3 Å². The van der Waals surface area contributed by atoms with E-state index in [0.29, 0.717) is 31.5 Å². The number of benzene rings is 1. The minimum absolute atomic E-state index is 0.0195. The van der Waals surface area contributed by atoms with Gasteiger partial charge in [-0.2, -0.15) is 0 Å². The van der Waals surface area contributed by atoms with Crippen molar-refractivity contribution in [2.45, 2.75) is 84.0 Å². The predicted molar refractivity (Wildman–Crippen MR) is 158 cm³/mol. The van der Waals surface area contributed by atoms with Crippen molar-refractivity contribution in [2.75, 3.05) is 19.6 Å². The Hall–Kier alpha value is -4.22. The molecule has 0 unspecified atom stereocenters. The Labute approximate surface area is 251 Å². The highest BCUT2D eigenvalue weighted by Crippen LogP contribution is 2.20. The second-order valence-corrected chi connectivity index (χ2v) is 12.1. The van der Waals surface area contributed by atoms with E-state index in [0.717, 1.165) is 5.56 Å². The molecule has 12 heteroatoms. The lowest BCUT2D eigenvalue weighted by Gasteiger charge is -2.30. The van der Waals surface area contributed by atoms with Crippen molar-refractivity contribution in [3.63, 3.8) is 0 Å². The Morgan fingerprint density at radius 2 is 1.74 bits per heavy atom. The Balaban J connectivity index is 1.71. The number of carbonyl (C=O) groups is 5. The van der Waals surface area contributed by atoms with Crippen molar-refractivity contribution in [1.29, 1.82) is 0 Å². The number of nitrogens with zero attached hydrogens (tertiary/aromatic N) is 3. The molecule has 4 rings (SSSR count). The Morgan fingerprint density at radius 1 is 1.02 bits per heavy atom. The highest BCUT2D eigenvalue weighted by atomic mass is 16.5. The maximum atomic E-state index is 13.7. The van der Waals surface area contributed by atoms with E-state index in [9.17, 15) is 24.0 Å². The van der Waals surface area contributed by atoms with E-state index < -0.39 is 53.7 Å². The predicted octanol–water partition coefficient (Wildman–Crippen LogP) is 1.62. The maximum Gasteiger partial charge on any atom is 0.293 e. The van der Waals surface area contributed by atoms with Crippen LogP contribution in [0.4, 0.5) is 0 Å². The van der Waals surface area contributed by atoms with Crippen LogP contribution < -0.4 is 16.0 Å². The van der Waals surface area contributed by atoms with Gasteiger partial charge in [0.25, 0.3) is 5.91 Å². The summed E-state index contributed by atoms with van der Waals surface area (Å²) in [5, 5.41) is 12.6. The van der Waals surface area contributed by atoms with E-state index in [1.807, 2.05) is 58.0 Å². The van der Waals surface area contributed by atoms with E-state index >= 15 is 0 Å². The molecule has 3 N–H and O–H groups in total. The summed E-state index contributed by atoms with van der Waals surface area (Å²) >= 11 is 0. The van der Waals surface area contributed by atoms with Gasteiger partial charge in [-0.15, -0.1) is 0 Å². The minimum atomic E-state index is -0.929. The van der Waals surface area contributed by atoms with Crippen LogP contribution in [0.15, 0.2) is 40.9 Å². The topological polar surface area (TPSA) is 154 Å². The number of fused-ring (bicyclic) bond motifs is 1. The lowest BCUT2D eigenvalue weighted by Crippen LogP contribution is -2.58. The molecular formula is C31H42N6O6. The summed E-state index contributed by atoms with van der Waals surface area (Å²) < 4.78 is 5.35. The summed E-state index contributed by atoms with van der Waals surface area (Å²) in [7, 11) is 0. The molecule has 0 aliphatic carbocycles. The van der Waals surface area contributed by atoms with Gasteiger partial charge in [-0.3, -0.25) is 24.0 Å². The molecule has 1 aromatic heterocycles. The van der Waals surface area contributed by atoms with E-state index in [-0.39, 0.29) is 30.7 Å². The molecule has 2 saturated heterocycles. The molecule has 5 amide bonds. The molecule has 0 saturated carbocycles. The number of nitrogens with one attached hydrogen (secondary N) is 3. The molecule has 43 heavy (non-hydrogen) atoms. The van der Waals surface area contributed by atoms with Crippen LogP contribution in [0.5, 0.6) is 0 Å². The number of rotatable bonds is 5.